The average molecular weight is 411 g/mol. The molecule has 0 unspecified atom stereocenters. The van der Waals surface area contributed by atoms with Crippen LogP contribution >= 0.6 is 0 Å². The minimum absolute atomic E-state index is 0.712. The highest BCUT2D eigenvalue weighted by Gasteiger charge is 2.37. The van der Waals surface area contributed by atoms with Gasteiger partial charge in [0.2, 0.25) is 0 Å². The smallest absolute Gasteiger partial charge is 0.427 e. The third-order valence-corrected chi connectivity index (χ3v) is 10.4. The summed E-state index contributed by atoms with van der Waals surface area (Å²) < 4.78 is 12.8. The number of hydrogen-bond acceptors (Lipinski definition) is 5. The third-order valence-electron chi connectivity index (χ3n) is 3.86. The van der Waals surface area contributed by atoms with Gasteiger partial charge in [-0.05, 0) is 66.9 Å². The Kier molecular flexibility index (Phi) is 9.67. The van der Waals surface area contributed by atoms with E-state index in [1.54, 1.807) is 0 Å². The molecule has 0 bridgehead atoms. The van der Waals surface area contributed by atoms with Crippen molar-refractivity contribution in [3.05, 3.63) is 28.8 Å². The number of benzene rings is 1. The summed E-state index contributed by atoms with van der Waals surface area (Å²) in [6.07, 6.45) is 0. The van der Waals surface area contributed by atoms with E-state index in [0.717, 1.165) is 25.4 Å². The summed E-state index contributed by atoms with van der Waals surface area (Å²) in [5, 5.41) is 0. The predicted molar refractivity (Wildman–Crippen MR) is 120 cm³/mol. The highest BCUT2D eigenvalue weighted by atomic mass is 29.2. The Labute approximate surface area is 169 Å². The number of rotatable bonds is 11. The monoisotopic (exact) mass is 410 g/mol. The molecule has 0 atom stereocenters. The summed E-state index contributed by atoms with van der Waals surface area (Å²) >= 11 is 0. The Hall–Kier alpha value is -0.706. The van der Waals surface area contributed by atoms with Crippen molar-refractivity contribution in [1.29, 1.82) is 0 Å². The molecule has 0 aliphatic carbocycles. The van der Waals surface area contributed by atoms with Crippen LogP contribution in [-0.4, -0.2) is 80.0 Å². The third kappa shape index (κ3) is 8.45. The van der Waals surface area contributed by atoms with Crippen LogP contribution in [0.15, 0.2) is 12.1 Å². The van der Waals surface area contributed by atoms with Crippen molar-refractivity contribution in [3.63, 3.8) is 0 Å². The van der Waals surface area contributed by atoms with Gasteiger partial charge in [0.15, 0.2) is 0 Å². The van der Waals surface area contributed by atoms with Crippen LogP contribution in [0.25, 0.3) is 0 Å². The molecule has 0 N–H and O–H groups in total. The lowest BCUT2D eigenvalue weighted by Gasteiger charge is -2.29. The molecule has 0 aliphatic rings. The highest BCUT2D eigenvalue weighted by molar-refractivity contribution is 7.27. The van der Waals surface area contributed by atoms with Crippen molar-refractivity contribution < 1.29 is 8.85 Å². The van der Waals surface area contributed by atoms with E-state index in [0.29, 0.717) is 6.61 Å². The van der Waals surface area contributed by atoms with E-state index in [1.807, 2.05) is 0 Å². The topological polar surface area (TPSA) is 28.2 Å². The molecule has 0 saturated heterocycles. The molecule has 0 aliphatic heterocycles. The van der Waals surface area contributed by atoms with Crippen molar-refractivity contribution in [3.8, 4) is 5.75 Å². The lowest BCUT2D eigenvalue weighted by Crippen LogP contribution is -2.50. The Balaban J connectivity index is 3.45. The van der Waals surface area contributed by atoms with Gasteiger partial charge in [-0.3, -0.25) is 0 Å². The first-order valence-corrected chi connectivity index (χ1v) is 15.5. The molecule has 5 nitrogen and oxygen atoms in total. The SMILES string of the molecule is CCO[Si](Oc1c(CN(C)C)cc(CN(C)C)cc1CN(C)C)[Si](C)(C)C. The molecule has 0 heterocycles. The minimum Gasteiger partial charge on any atom is -0.521 e. The maximum absolute atomic E-state index is 6.72. The van der Waals surface area contributed by atoms with Gasteiger partial charge in [0.1, 0.15) is 13.3 Å². The highest BCUT2D eigenvalue weighted by Crippen LogP contribution is 2.30. The first kappa shape index (κ1) is 24.3. The summed E-state index contributed by atoms with van der Waals surface area (Å²) in [6.45, 7) is 12.5. The molecular weight excluding hydrogens is 370 g/mol. The fraction of sp³-hybridized carbons (Fsp3) is 0.700. The van der Waals surface area contributed by atoms with Crippen molar-refractivity contribution in [1.82, 2.24) is 14.7 Å². The molecule has 1 aromatic carbocycles. The van der Waals surface area contributed by atoms with Gasteiger partial charge in [0.05, 0.1) is 0 Å². The standard InChI is InChI=1S/C20H40N3O2Si2/c1-11-24-26(27(8,9)10)25-20-18(15-22(4)5)12-17(14-21(2)3)13-19(20)16-23(6)7/h12-13H,11,14-16H2,1-10H3. The van der Waals surface area contributed by atoms with Crippen LogP contribution in [-0.2, 0) is 24.1 Å². The second-order valence-corrected chi connectivity index (χ2v) is 20.3. The van der Waals surface area contributed by atoms with E-state index in [1.165, 1.54) is 16.7 Å². The van der Waals surface area contributed by atoms with Gasteiger partial charge in [0.25, 0.3) is 0 Å². The number of hydrogen-bond donors (Lipinski definition) is 0. The molecule has 155 valence electrons. The Morgan fingerprint density at radius 1 is 0.815 bits per heavy atom. The molecule has 27 heavy (non-hydrogen) atoms. The van der Waals surface area contributed by atoms with E-state index in [4.69, 9.17) is 8.85 Å². The summed E-state index contributed by atoms with van der Waals surface area (Å²) in [4.78, 5) is 6.64. The summed E-state index contributed by atoms with van der Waals surface area (Å²) in [5.74, 6) is 1.05. The second kappa shape index (κ2) is 10.7. The van der Waals surface area contributed by atoms with E-state index in [9.17, 15) is 0 Å². The first-order valence-electron chi connectivity index (χ1n) is 9.71. The molecule has 0 spiro atoms. The molecular formula is C20H40N3O2Si2. The van der Waals surface area contributed by atoms with Gasteiger partial charge < -0.3 is 23.6 Å². The van der Waals surface area contributed by atoms with Crippen molar-refractivity contribution in [2.45, 2.75) is 46.2 Å². The van der Waals surface area contributed by atoms with Gasteiger partial charge in [-0.1, -0.05) is 19.6 Å². The second-order valence-electron chi connectivity index (χ2n) is 9.03. The van der Waals surface area contributed by atoms with Crippen LogP contribution in [0.2, 0.25) is 19.6 Å². The molecule has 7 heteroatoms. The summed E-state index contributed by atoms with van der Waals surface area (Å²) in [6, 6.07) is 4.62. The molecule has 0 saturated carbocycles. The fourth-order valence-electron chi connectivity index (χ4n) is 2.95. The zero-order valence-corrected chi connectivity index (χ0v) is 21.1. The maximum Gasteiger partial charge on any atom is 0.427 e. The van der Waals surface area contributed by atoms with E-state index in [2.05, 4.69) is 95.7 Å². The average Bonchev–Trinajstić information content (AvgIpc) is 2.46. The first-order chi connectivity index (χ1) is 12.4. The number of nitrogens with zero attached hydrogens (tertiary/aromatic N) is 3. The zero-order chi connectivity index (χ0) is 20.8. The van der Waals surface area contributed by atoms with Crippen LogP contribution in [0.1, 0.15) is 23.6 Å². The van der Waals surface area contributed by atoms with Crippen LogP contribution < -0.4 is 4.43 Å². The quantitative estimate of drug-likeness (QED) is 0.523. The molecule has 1 radical (unpaired) electrons. The van der Waals surface area contributed by atoms with Gasteiger partial charge in [0, 0.05) is 37.4 Å². The molecule has 0 aromatic heterocycles. The predicted octanol–water partition coefficient (Wildman–Crippen LogP) is 3.19. The Bertz CT molecular complexity index is 556. The van der Waals surface area contributed by atoms with Crippen molar-refractivity contribution in [2.24, 2.45) is 0 Å². The van der Waals surface area contributed by atoms with E-state index < -0.39 is 16.4 Å². The molecule has 1 aromatic rings. The van der Waals surface area contributed by atoms with Gasteiger partial charge in [-0.15, -0.1) is 0 Å². The largest absolute Gasteiger partial charge is 0.521 e. The van der Waals surface area contributed by atoms with Crippen molar-refractivity contribution in [2.75, 3.05) is 48.9 Å². The lowest BCUT2D eigenvalue weighted by molar-refractivity contribution is 0.291. The normalized spacial score (nSPS) is 12.7. The molecule has 1 rings (SSSR count). The summed E-state index contributed by atoms with van der Waals surface area (Å²) in [5.41, 5.74) is 3.85. The van der Waals surface area contributed by atoms with Gasteiger partial charge >= 0.3 is 8.80 Å². The molecule has 0 fully saturated rings. The fourth-order valence-corrected chi connectivity index (χ4v) is 7.42. The minimum atomic E-state index is -1.53. The van der Waals surface area contributed by atoms with E-state index in [-0.39, 0.29) is 0 Å². The van der Waals surface area contributed by atoms with Crippen LogP contribution in [0.4, 0.5) is 0 Å². The molecule has 0 amide bonds. The Morgan fingerprint density at radius 3 is 1.59 bits per heavy atom. The Morgan fingerprint density at radius 2 is 1.26 bits per heavy atom. The van der Waals surface area contributed by atoms with Crippen LogP contribution in [0.5, 0.6) is 5.75 Å². The van der Waals surface area contributed by atoms with Crippen LogP contribution in [0, 0.1) is 0 Å². The van der Waals surface area contributed by atoms with Gasteiger partial charge in [-0.2, -0.15) is 0 Å². The van der Waals surface area contributed by atoms with E-state index >= 15 is 0 Å². The van der Waals surface area contributed by atoms with Crippen LogP contribution in [0.3, 0.4) is 0 Å². The van der Waals surface area contributed by atoms with Gasteiger partial charge in [-0.25, -0.2) is 0 Å². The lowest BCUT2D eigenvalue weighted by atomic mass is 10.0. The maximum atomic E-state index is 6.72. The summed E-state index contributed by atoms with van der Waals surface area (Å²) in [7, 11) is 9.82. The zero-order valence-electron chi connectivity index (χ0n) is 19.1. The van der Waals surface area contributed by atoms with Crippen molar-refractivity contribution >= 4 is 16.4 Å².